The highest BCUT2D eigenvalue weighted by Crippen LogP contribution is 2.33. The first kappa shape index (κ1) is 107. The molecule has 0 bridgehead atoms. The molecular weight excluding hydrogens is 1880 g/mol. The second kappa shape index (κ2) is 48.4. The third-order valence-corrected chi connectivity index (χ3v) is 26.8. The highest BCUT2D eigenvalue weighted by atomic mass is 32.3. The number of aromatic amines is 2. The van der Waals surface area contributed by atoms with Crippen molar-refractivity contribution in [2.24, 2.45) is 0 Å². The lowest BCUT2D eigenvalue weighted by molar-refractivity contribution is -0.140. The van der Waals surface area contributed by atoms with Crippen molar-refractivity contribution >= 4 is 146 Å². The van der Waals surface area contributed by atoms with Crippen LogP contribution in [0.4, 0.5) is 16.7 Å². The van der Waals surface area contributed by atoms with E-state index in [0.29, 0.717) is 45.3 Å². The monoisotopic (exact) mass is 1990 g/mol. The molecule has 22 N–H and O–H groups in total. The first-order chi connectivity index (χ1) is 64.5. The van der Waals surface area contributed by atoms with E-state index in [0.717, 1.165) is 22.9 Å². The quantitative estimate of drug-likeness (QED) is 0.0160. The standard InChI is InChI=1S/C83H109N21O29S4/c1-48-33-51(4)73(52(5)34-48)137(132,133)98-61(80(120)121)40-91-75(114)58-42-104(65-36-54(12-14-56(65)71(58)112)38-93-82-88-21-22-89-82)24-8-18-85-77(116)63(47-135(127,128)129)96-78(117)59(94-67(106)43-99-25-26-100(44-68(107)108)27-28-101(45-69(109)110)30-32-102(31-29-99)83(122)123)15-16-66(105)95-62(46-134(124,125)126)76(115)84-17-7-23-103-41-57(70(111)55-13-11-53(35-64(55)103)37-92-81-86-19-20-87-81)74(113)90-39-60(79(118)119)97-136(130,131)72-49(2)9-6-10-50(72)3/h6,9-14,19-22,33-36,41-42,59-63,97-98,124-126H,7-8,15-18,23-32,37-40,43-47H2,1-5H3,(H,84,115)(H,85,116)(H,90,113)(H,91,114)(H,94,106)(H,95,105)(H,96,117)(H,107,108)(H,109,110)(H,118,119)(H,120,121)(H,122,123)(H2,86,87,92)(H2,88,89,93)(H,127,128,129)/t59-,60-,61-,62-,63-/m0/s1. The molecule has 1 saturated heterocycles. The number of benzene rings is 4. The predicted molar refractivity (Wildman–Crippen MR) is 494 cm³/mol. The van der Waals surface area contributed by atoms with Crippen LogP contribution in [0.5, 0.6) is 0 Å². The summed E-state index contributed by atoms with van der Waals surface area (Å²) in [6.07, 6.45) is 4.73. The molecule has 1 fully saturated rings. The van der Waals surface area contributed by atoms with Gasteiger partial charge in [-0.05, 0) is 112 Å². The molecule has 1 aliphatic heterocycles. The average Bonchev–Trinajstić information content (AvgIpc) is 1.25. The van der Waals surface area contributed by atoms with Gasteiger partial charge in [-0.3, -0.25) is 81.6 Å². The zero-order valence-electron chi connectivity index (χ0n) is 74.8. The molecule has 137 heavy (non-hydrogen) atoms. The summed E-state index contributed by atoms with van der Waals surface area (Å²) in [5.41, 5.74) is 0.614. The number of aryl methyl sites for hydroxylation is 7. The molecule has 50 nitrogen and oxygen atoms in total. The minimum Gasteiger partial charge on any atom is -0.480 e. The van der Waals surface area contributed by atoms with Gasteiger partial charge in [-0.1, -0.05) is 48.0 Å². The van der Waals surface area contributed by atoms with Crippen LogP contribution in [0.1, 0.15) is 85.3 Å². The zero-order chi connectivity index (χ0) is 101. The van der Waals surface area contributed by atoms with Crippen LogP contribution in [0.25, 0.3) is 21.8 Å². The summed E-state index contributed by atoms with van der Waals surface area (Å²) in [5.74, 6) is -16.7. The van der Waals surface area contributed by atoms with E-state index >= 15 is 0 Å². The lowest BCUT2D eigenvalue weighted by Gasteiger charge is -2.32. The van der Waals surface area contributed by atoms with E-state index in [4.69, 9.17) is 0 Å². The number of nitrogens with zero attached hydrogens (tertiary/aromatic N) is 8. The number of anilines is 2. The largest absolute Gasteiger partial charge is 0.480 e. The Bertz CT molecular complexity index is 6240. The second-order valence-electron chi connectivity index (χ2n) is 32.4. The Hall–Kier alpha value is -13.4. The molecule has 0 unspecified atom stereocenters. The molecule has 5 heterocycles. The van der Waals surface area contributed by atoms with E-state index in [9.17, 15) is 136 Å². The fraction of sp³-hybridized carbons (Fsp3) is 0.422. The van der Waals surface area contributed by atoms with Gasteiger partial charge < -0.3 is 111 Å². The molecule has 0 radical (unpaired) electrons. The number of rotatable bonds is 47. The summed E-state index contributed by atoms with van der Waals surface area (Å²) >= 11 is 0. The Morgan fingerprint density at radius 2 is 0.883 bits per heavy atom. The van der Waals surface area contributed by atoms with Crippen LogP contribution in [0.15, 0.2) is 123 Å². The molecule has 1 aliphatic rings. The molecule has 0 spiro atoms. The van der Waals surface area contributed by atoms with Crippen molar-refractivity contribution in [3.8, 4) is 0 Å². The van der Waals surface area contributed by atoms with Gasteiger partial charge in [0.25, 0.3) is 21.9 Å². The van der Waals surface area contributed by atoms with Crippen molar-refractivity contribution in [2.75, 3.05) is 120 Å². The van der Waals surface area contributed by atoms with E-state index in [1.54, 1.807) is 61.8 Å². The smallest absolute Gasteiger partial charge is 0.407 e. The van der Waals surface area contributed by atoms with Crippen LogP contribution < -0.4 is 68.2 Å². The van der Waals surface area contributed by atoms with Crippen molar-refractivity contribution in [1.82, 2.24) is 95.3 Å². The lowest BCUT2D eigenvalue weighted by atomic mass is 10.1. The maximum atomic E-state index is 14.9. The van der Waals surface area contributed by atoms with E-state index in [1.165, 1.54) is 88.2 Å². The van der Waals surface area contributed by atoms with Gasteiger partial charge in [-0.25, -0.2) is 31.6 Å². The fourth-order valence-electron chi connectivity index (χ4n) is 15.2. The van der Waals surface area contributed by atoms with Gasteiger partial charge in [0.1, 0.15) is 47.1 Å². The first-order valence-electron chi connectivity index (χ1n) is 42.5. The Labute approximate surface area is 784 Å². The minimum absolute atomic E-state index is 0.0439. The molecule has 0 saturated carbocycles. The van der Waals surface area contributed by atoms with Crippen LogP contribution in [0, 0.1) is 34.6 Å². The summed E-state index contributed by atoms with van der Waals surface area (Å²) in [5, 5.41) is 72.4. The van der Waals surface area contributed by atoms with Gasteiger partial charge in [-0.15, -0.1) is 0 Å². The number of imidazole rings is 2. The summed E-state index contributed by atoms with van der Waals surface area (Å²) in [6, 6.07) is 6.48. The third-order valence-electron chi connectivity index (χ3n) is 21.7. The number of pyridine rings is 2. The Morgan fingerprint density at radius 3 is 1.28 bits per heavy atom. The normalized spacial score (nSPS) is 14.6. The number of carboxylic acid groups (broad SMARTS) is 5. The van der Waals surface area contributed by atoms with Gasteiger partial charge >= 0.3 is 30.0 Å². The number of carboxylic acids is 4. The van der Waals surface area contributed by atoms with Crippen LogP contribution in [0.2, 0.25) is 0 Å². The molecule has 5 atom stereocenters. The number of fused-ring (bicyclic) bond motifs is 2. The van der Waals surface area contributed by atoms with E-state index in [1.807, 2.05) is 0 Å². The topological polar surface area (TPSA) is 736 Å². The third kappa shape index (κ3) is 32.1. The molecule has 8 amide bonds. The Balaban J connectivity index is 0.945. The number of H-pyrrole nitrogens is 2. The van der Waals surface area contributed by atoms with Gasteiger partial charge in [0, 0.05) is 159 Å². The number of carbonyl (C=O) groups is 12. The SMILES string of the molecule is Cc1cc(C)c(S(=O)(=O)N[C@@H](CNC(=O)c2cn(CCCNC(=O)[C@H](CS(=O)(=O)O)NC(=O)[C@H](CCC(=O)N[C@@H](CS(O)(O)O)C(=O)NCCCn3cc(C(=O)NC[C@H](NS(=O)(=O)c4c(C)cccc4C)C(=O)O)c(=O)c4ccc(CNc5ncc[nH]5)cc43)NC(=O)CN3CCN(CC(=O)O)CCN(CC(=O)O)CCN(C(=O)O)CC3)c3cc(CNc4ncc[nH]4)ccc3c2=O)C(=O)O)c(C)c1. The summed E-state index contributed by atoms with van der Waals surface area (Å²) in [7, 11) is -19.1. The Kier molecular flexibility index (Phi) is 37.9. The first-order valence-corrected chi connectivity index (χ1v) is 48.7. The number of hydrogen-bond acceptors (Lipinski definition) is 30. The zero-order valence-corrected chi connectivity index (χ0v) is 78.0. The van der Waals surface area contributed by atoms with Gasteiger partial charge in [0.05, 0.1) is 57.1 Å². The number of aliphatic carboxylic acids is 4. The highest BCUT2D eigenvalue weighted by Gasteiger charge is 2.36. The van der Waals surface area contributed by atoms with Gasteiger partial charge in [0.2, 0.25) is 60.4 Å². The molecule has 4 aromatic heterocycles. The molecule has 4 aromatic carbocycles. The van der Waals surface area contributed by atoms with Crippen LogP contribution in [0.3, 0.4) is 0 Å². The van der Waals surface area contributed by atoms with Gasteiger partial charge in [0.15, 0.2) is 11.9 Å². The van der Waals surface area contributed by atoms with Crippen LogP contribution in [-0.4, -0.2) is 329 Å². The number of amides is 8. The summed E-state index contributed by atoms with van der Waals surface area (Å²) < 4.78 is 129. The van der Waals surface area contributed by atoms with Crippen LogP contribution >= 0.6 is 10.9 Å². The minimum atomic E-state index is -5.30. The van der Waals surface area contributed by atoms with E-state index in [2.05, 4.69) is 77.2 Å². The molecule has 54 heteroatoms. The summed E-state index contributed by atoms with van der Waals surface area (Å²) in [6.45, 7) is 1.60. The second-order valence-corrected chi connectivity index (χ2v) is 38.8. The van der Waals surface area contributed by atoms with E-state index < -0.39 is 228 Å². The summed E-state index contributed by atoms with van der Waals surface area (Å²) in [4.78, 5) is 209. The van der Waals surface area contributed by atoms with Crippen molar-refractivity contribution < 1.29 is 127 Å². The molecule has 9 rings (SSSR count). The van der Waals surface area contributed by atoms with Crippen molar-refractivity contribution in [3.05, 3.63) is 174 Å². The molecular formula is C83H109N21O29S4. The number of carbonyl (C=O) groups excluding carboxylic acids is 7. The number of nitrogens with one attached hydrogen (secondary N) is 13. The van der Waals surface area contributed by atoms with Gasteiger partial charge in [-0.2, -0.15) is 17.9 Å². The van der Waals surface area contributed by atoms with Crippen molar-refractivity contribution in [2.45, 2.75) is 126 Å². The fourth-order valence-corrected chi connectivity index (χ4v) is 19.8. The van der Waals surface area contributed by atoms with Crippen LogP contribution in [-0.2, 0) is 99.5 Å². The lowest BCUT2D eigenvalue weighted by Crippen LogP contribution is -2.57. The molecule has 744 valence electrons. The van der Waals surface area contributed by atoms with E-state index in [-0.39, 0.29) is 130 Å². The maximum absolute atomic E-state index is 14.9. The Morgan fingerprint density at radius 1 is 0.467 bits per heavy atom. The number of aromatic nitrogens is 6. The molecule has 8 aromatic rings. The number of hydrogen-bond donors (Lipinski definition) is 22. The maximum Gasteiger partial charge on any atom is 0.407 e. The number of sulfonamides is 2. The van der Waals surface area contributed by atoms with Crippen molar-refractivity contribution in [1.29, 1.82) is 0 Å². The highest BCUT2D eigenvalue weighted by molar-refractivity contribution is 8.19. The average molecular weight is 1990 g/mol. The molecule has 0 aliphatic carbocycles. The van der Waals surface area contributed by atoms with Crippen molar-refractivity contribution in [3.63, 3.8) is 0 Å². The predicted octanol–water partition coefficient (Wildman–Crippen LogP) is -1.02.